The molecule has 0 rings (SSSR count). The maximum absolute atomic E-state index is 12.8. The second-order valence-corrected chi connectivity index (χ2v) is 16.3. The van der Waals surface area contributed by atoms with E-state index in [0.717, 1.165) is 58.0 Å². The highest BCUT2D eigenvalue weighted by Gasteiger charge is 2.24. The first-order valence-corrected chi connectivity index (χ1v) is 23.4. The lowest BCUT2D eigenvalue weighted by molar-refractivity contribution is -0.157. The lowest BCUT2D eigenvalue weighted by atomic mass is 10.0. The Labute approximate surface area is 359 Å². The summed E-state index contributed by atoms with van der Waals surface area (Å²) < 4.78 is 11.4. The third-order valence-electron chi connectivity index (χ3n) is 10.6. The summed E-state index contributed by atoms with van der Waals surface area (Å²) in [6.07, 6.45) is 25.8. The average Bonchev–Trinajstić information content (AvgIpc) is 3.20. The first-order valence-electron chi connectivity index (χ1n) is 23.4. The number of ether oxygens (including phenoxy) is 2. The van der Waals surface area contributed by atoms with E-state index in [1.165, 1.54) is 64.2 Å². The Kier molecular flexibility index (Phi) is 37.5. The molecule has 12 nitrogen and oxygen atoms in total. The van der Waals surface area contributed by atoms with Gasteiger partial charge in [-0.15, -0.1) is 0 Å². The molecular weight excluding hydrogens is 749 g/mol. The number of likely N-dealkylation sites (N-methyl/N-ethyl adjacent to an activating group) is 2. The van der Waals surface area contributed by atoms with E-state index in [4.69, 9.17) is 9.47 Å². The first-order chi connectivity index (χ1) is 28.5. The summed E-state index contributed by atoms with van der Waals surface area (Å²) in [6.45, 7) is 10.9. The number of nitrogens with zero attached hydrogens (tertiary/aromatic N) is 2. The Balaban J connectivity index is 4.45. The van der Waals surface area contributed by atoms with Crippen molar-refractivity contribution in [2.24, 2.45) is 0 Å². The molecule has 0 fully saturated rings. The predicted molar refractivity (Wildman–Crippen MR) is 240 cm³/mol. The van der Waals surface area contributed by atoms with Crippen molar-refractivity contribution in [3.63, 3.8) is 0 Å². The Morgan fingerprint density at radius 2 is 0.898 bits per heavy atom. The molecule has 0 aliphatic carbocycles. The minimum atomic E-state index is -0.859. The number of aliphatic hydroxyl groups is 2. The van der Waals surface area contributed by atoms with Gasteiger partial charge < -0.3 is 30.3 Å². The summed E-state index contributed by atoms with van der Waals surface area (Å²) in [5.74, 6) is -1.10. The number of unbranched alkanes of at least 4 members (excludes halogenated alkanes) is 14. The van der Waals surface area contributed by atoms with Crippen molar-refractivity contribution in [3.05, 3.63) is 24.3 Å². The number of carbonyl (C=O) groups excluding carboxylic acids is 4. The van der Waals surface area contributed by atoms with Crippen molar-refractivity contribution in [3.8, 4) is 0 Å². The van der Waals surface area contributed by atoms with Gasteiger partial charge in [0.15, 0.2) is 0 Å². The zero-order valence-electron chi connectivity index (χ0n) is 38.4. The van der Waals surface area contributed by atoms with Gasteiger partial charge in [-0.2, -0.15) is 0 Å². The van der Waals surface area contributed by atoms with Crippen LogP contribution in [0, 0.1) is 0 Å². The van der Waals surface area contributed by atoms with E-state index in [1.54, 1.807) is 24.3 Å². The number of hydrogen-bond donors (Lipinski definition) is 4. The molecule has 0 aromatic heterocycles. The van der Waals surface area contributed by atoms with E-state index in [2.05, 4.69) is 31.4 Å². The van der Waals surface area contributed by atoms with Gasteiger partial charge in [0.25, 0.3) is 0 Å². The van der Waals surface area contributed by atoms with Crippen LogP contribution in [0.2, 0.25) is 0 Å². The monoisotopic (exact) mass is 837 g/mol. The molecule has 0 aromatic carbocycles. The number of amides is 2. The Morgan fingerprint density at radius 1 is 0.525 bits per heavy atom. The van der Waals surface area contributed by atoms with Crippen LogP contribution in [0.3, 0.4) is 0 Å². The number of aliphatic hydroxyl groups excluding tert-OH is 2. The van der Waals surface area contributed by atoms with Gasteiger partial charge in [-0.3, -0.25) is 29.0 Å². The maximum atomic E-state index is 12.8. The van der Waals surface area contributed by atoms with Gasteiger partial charge in [-0.05, 0) is 72.1 Å². The van der Waals surface area contributed by atoms with Gasteiger partial charge in [0.1, 0.15) is 12.2 Å². The lowest BCUT2D eigenvalue weighted by Gasteiger charge is -2.24. The average molecular weight is 837 g/mol. The number of nitrogens with one attached hydrogen (secondary N) is 2. The van der Waals surface area contributed by atoms with Crippen LogP contribution in [-0.2, 0) is 28.7 Å². The van der Waals surface area contributed by atoms with E-state index in [1.807, 2.05) is 30.8 Å². The van der Waals surface area contributed by atoms with Crippen molar-refractivity contribution >= 4 is 23.8 Å². The topological polar surface area (TPSA) is 158 Å². The van der Waals surface area contributed by atoms with Crippen LogP contribution in [0.1, 0.15) is 175 Å². The van der Waals surface area contributed by atoms with Crippen LogP contribution in [0.4, 0.5) is 0 Å². The zero-order valence-corrected chi connectivity index (χ0v) is 38.4. The number of esters is 2. The highest BCUT2D eigenvalue weighted by Crippen LogP contribution is 2.17. The molecular formula is C47H88N4O8. The van der Waals surface area contributed by atoms with Crippen LogP contribution in [0.25, 0.3) is 0 Å². The van der Waals surface area contributed by atoms with Gasteiger partial charge in [-0.1, -0.05) is 142 Å². The maximum Gasteiger partial charge on any atom is 0.320 e. The molecule has 0 saturated carbocycles. The van der Waals surface area contributed by atoms with Crippen molar-refractivity contribution in [2.45, 2.75) is 200 Å². The van der Waals surface area contributed by atoms with E-state index in [-0.39, 0.29) is 75.6 Å². The minimum absolute atomic E-state index is 0.123. The molecule has 0 bridgehead atoms. The fourth-order valence-electron chi connectivity index (χ4n) is 6.64. The molecule has 0 radical (unpaired) electrons. The van der Waals surface area contributed by atoms with Crippen LogP contribution in [0.15, 0.2) is 24.3 Å². The number of rotatable bonds is 40. The van der Waals surface area contributed by atoms with Crippen LogP contribution in [-0.4, -0.2) is 122 Å². The Bertz CT molecular complexity index is 1120. The first kappa shape index (κ1) is 56.2. The molecule has 4 N–H and O–H groups in total. The summed E-state index contributed by atoms with van der Waals surface area (Å²) >= 11 is 0. The second kappa shape index (κ2) is 39.3. The molecule has 4 unspecified atom stereocenters. The van der Waals surface area contributed by atoms with Crippen molar-refractivity contribution in [2.75, 3.05) is 53.4 Å². The van der Waals surface area contributed by atoms with E-state index in [9.17, 15) is 29.4 Å². The molecule has 0 aliphatic rings. The van der Waals surface area contributed by atoms with Crippen LogP contribution in [0.5, 0.6) is 0 Å². The van der Waals surface area contributed by atoms with Gasteiger partial charge in [0.2, 0.25) is 11.8 Å². The Morgan fingerprint density at radius 3 is 1.31 bits per heavy atom. The van der Waals surface area contributed by atoms with Crippen molar-refractivity contribution in [1.82, 2.24) is 20.4 Å². The molecule has 0 aromatic rings. The number of carbonyl (C=O) groups is 4. The molecule has 59 heavy (non-hydrogen) atoms. The van der Waals surface area contributed by atoms with Crippen molar-refractivity contribution in [1.29, 1.82) is 0 Å². The van der Waals surface area contributed by atoms with Crippen LogP contribution < -0.4 is 10.6 Å². The van der Waals surface area contributed by atoms with Crippen molar-refractivity contribution < 1.29 is 38.9 Å². The highest BCUT2D eigenvalue weighted by atomic mass is 16.6. The minimum Gasteiger partial charge on any atom is -0.459 e. The highest BCUT2D eigenvalue weighted by molar-refractivity contribution is 5.78. The summed E-state index contributed by atoms with van der Waals surface area (Å²) in [4.78, 5) is 53.6. The van der Waals surface area contributed by atoms with E-state index in [0.29, 0.717) is 12.8 Å². The SMILES string of the molecule is CCCCCCCCCCCCCN(C)CC(=O)OC(CCCCC)C(O)C/C=C/CC(=O)NCCNC(=O)C/C=C/CC(O)C(CCCCC)OC(=O)CN(C)CC. The third-order valence-corrected chi connectivity index (χ3v) is 10.6. The fraction of sp³-hybridized carbons (Fsp3) is 0.830. The standard InChI is InChI=1S/C47H88N4O8/c1-7-11-14-15-16-17-18-19-20-21-28-37-51(6)39-47(57)59-43(32-23-13-9-3)41(53)30-25-27-34-45(55)49-36-35-48-44(54)33-26-24-29-40(52)42(31-22-12-8-2)58-46(56)38-50(5)10-4/h24-27,40-43,52-53H,7-23,28-39H2,1-6H3,(H,48,54)(H,49,55)/b26-24+,27-25+. The summed E-state index contributed by atoms with van der Waals surface area (Å²) in [7, 11) is 3.78. The van der Waals surface area contributed by atoms with Gasteiger partial charge in [-0.25, -0.2) is 0 Å². The van der Waals surface area contributed by atoms with Gasteiger partial charge in [0.05, 0.1) is 25.3 Å². The van der Waals surface area contributed by atoms with E-state index >= 15 is 0 Å². The predicted octanol–water partition coefficient (Wildman–Crippen LogP) is 7.79. The normalized spacial score (nSPS) is 13.9. The second-order valence-electron chi connectivity index (χ2n) is 16.3. The molecule has 4 atom stereocenters. The number of hydrogen-bond acceptors (Lipinski definition) is 10. The fourth-order valence-corrected chi connectivity index (χ4v) is 6.64. The summed E-state index contributed by atoms with van der Waals surface area (Å²) in [5, 5.41) is 27.2. The summed E-state index contributed by atoms with van der Waals surface area (Å²) in [6, 6.07) is 0. The molecule has 0 heterocycles. The molecule has 2 amide bonds. The van der Waals surface area contributed by atoms with E-state index < -0.39 is 24.4 Å². The quantitative estimate of drug-likeness (QED) is 0.0273. The molecule has 12 heteroatoms. The smallest absolute Gasteiger partial charge is 0.320 e. The molecule has 344 valence electrons. The lowest BCUT2D eigenvalue weighted by Crippen LogP contribution is -2.36. The Hall–Kier alpha value is -2.80. The zero-order chi connectivity index (χ0) is 43.9. The summed E-state index contributed by atoms with van der Waals surface area (Å²) in [5.41, 5.74) is 0. The third kappa shape index (κ3) is 34.6. The van der Waals surface area contributed by atoms with Gasteiger partial charge in [0, 0.05) is 25.9 Å². The van der Waals surface area contributed by atoms with Gasteiger partial charge >= 0.3 is 11.9 Å². The molecule has 0 spiro atoms. The van der Waals surface area contributed by atoms with Crippen LogP contribution >= 0.6 is 0 Å². The molecule has 0 saturated heterocycles. The largest absolute Gasteiger partial charge is 0.459 e. The molecule has 0 aliphatic heterocycles.